The standard InChI is InChI=1S/C12H14N2O2/c1-2-3-6-16-12-5-4-10(7-13-12)11-8-15-9-14-11/h4-5,7-9H,2-3,6H2,1H3. The minimum Gasteiger partial charge on any atom is -0.478 e. The molecule has 0 aromatic carbocycles. The zero-order valence-electron chi connectivity index (χ0n) is 9.22. The van der Waals surface area contributed by atoms with E-state index >= 15 is 0 Å². The zero-order valence-corrected chi connectivity index (χ0v) is 9.22. The lowest BCUT2D eigenvalue weighted by Gasteiger charge is -2.03. The maximum absolute atomic E-state index is 5.46. The van der Waals surface area contributed by atoms with Crippen LogP contribution in [-0.4, -0.2) is 16.6 Å². The van der Waals surface area contributed by atoms with Crippen molar-refractivity contribution in [2.24, 2.45) is 0 Å². The molecule has 0 saturated carbocycles. The summed E-state index contributed by atoms with van der Waals surface area (Å²) in [5.41, 5.74) is 1.71. The van der Waals surface area contributed by atoms with Gasteiger partial charge < -0.3 is 9.15 Å². The van der Waals surface area contributed by atoms with Crippen LogP contribution >= 0.6 is 0 Å². The lowest BCUT2D eigenvalue weighted by atomic mass is 10.2. The molecular formula is C12H14N2O2. The van der Waals surface area contributed by atoms with Crippen LogP contribution in [0.5, 0.6) is 5.88 Å². The van der Waals surface area contributed by atoms with Crippen molar-refractivity contribution in [3.8, 4) is 17.1 Å². The molecule has 0 aliphatic rings. The molecule has 0 saturated heterocycles. The molecule has 0 spiro atoms. The van der Waals surface area contributed by atoms with Gasteiger partial charge in [0.1, 0.15) is 12.0 Å². The summed E-state index contributed by atoms with van der Waals surface area (Å²) in [6, 6.07) is 3.77. The highest BCUT2D eigenvalue weighted by Gasteiger charge is 2.01. The molecule has 0 bridgehead atoms. The number of ether oxygens (including phenoxy) is 1. The third-order valence-corrected chi connectivity index (χ3v) is 2.21. The van der Waals surface area contributed by atoms with Gasteiger partial charge in [0.2, 0.25) is 5.88 Å². The van der Waals surface area contributed by atoms with Gasteiger partial charge in [0.15, 0.2) is 6.39 Å². The van der Waals surface area contributed by atoms with Gasteiger partial charge in [0, 0.05) is 17.8 Å². The second-order valence-electron chi connectivity index (χ2n) is 3.46. The first-order valence-corrected chi connectivity index (χ1v) is 5.37. The van der Waals surface area contributed by atoms with E-state index in [1.165, 1.54) is 6.39 Å². The monoisotopic (exact) mass is 218 g/mol. The number of unbranched alkanes of at least 4 members (excludes halogenated alkanes) is 1. The number of aromatic nitrogens is 2. The Morgan fingerprint density at radius 1 is 1.31 bits per heavy atom. The quantitative estimate of drug-likeness (QED) is 0.724. The Morgan fingerprint density at radius 3 is 2.88 bits per heavy atom. The molecule has 0 radical (unpaired) electrons. The molecule has 0 atom stereocenters. The molecule has 16 heavy (non-hydrogen) atoms. The Morgan fingerprint density at radius 2 is 2.25 bits per heavy atom. The molecule has 2 rings (SSSR count). The Balaban J connectivity index is 2.00. The summed E-state index contributed by atoms with van der Waals surface area (Å²) >= 11 is 0. The van der Waals surface area contributed by atoms with Crippen LogP contribution in [-0.2, 0) is 0 Å². The first-order valence-electron chi connectivity index (χ1n) is 5.37. The van der Waals surface area contributed by atoms with Gasteiger partial charge >= 0.3 is 0 Å². The molecule has 4 heteroatoms. The van der Waals surface area contributed by atoms with Crippen LogP contribution < -0.4 is 4.74 Å². The predicted molar refractivity (Wildman–Crippen MR) is 60.1 cm³/mol. The molecule has 0 fully saturated rings. The fourth-order valence-electron chi connectivity index (χ4n) is 1.29. The van der Waals surface area contributed by atoms with E-state index in [0.717, 1.165) is 24.1 Å². The van der Waals surface area contributed by atoms with E-state index in [4.69, 9.17) is 9.15 Å². The Labute approximate surface area is 94.3 Å². The molecule has 0 amide bonds. The average molecular weight is 218 g/mol. The van der Waals surface area contributed by atoms with Crippen molar-refractivity contribution in [1.29, 1.82) is 0 Å². The highest BCUT2D eigenvalue weighted by Crippen LogP contribution is 2.18. The van der Waals surface area contributed by atoms with Gasteiger partial charge in [0.25, 0.3) is 0 Å². The summed E-state index contributed by atoms with van der Waals surface area (Å²) < 4.78 is 10.4. The van der Waals surface area contributed by atoms with E-state index in [2.05, 4.69) is 16.9 Å². The normalized spacial score (nSPS) is 10.3. The molecule has 84 valence electrons. The van der Waals surface area contributed by atoms with Crippen LogP contribution in [0.1, 0.15) is 19.8 Å². The summed E-state index contributed by atoms with van der Waals surface area (Å²) in [4.78, 5) is 8.25. The van der Waals surface area contributed by atoms with Crippen molar-refractivity contribution in [2.45, 2.75) is 19.8 Å². The van der Waals surface area contributed by atoms with Crippen molar-refractivity contribution in [2.75, 3.05) is 6.61 Å². The topological polar surface area (TPSA) is 48.2 Å². The summed E-state index contributed by atoms with van der Waals surface area (Å²) in [6.07, 6.45) is 6.90. The highest BCUT2D eigenvalue weighted by atomic mass is 16.5. The number of oxazole rings is 1. The summed E-state index contributed by atoms with van der Waals surface area (Å²) in [6.45, 7) is 2.84. The molecule has 0 N–H and O–H groups in total. The summed E-state index contributed by atoms with van der Waals surface area (Å²) in [7, 11) is 0. The van der Waals surface area contributed by atoms with Gasteiger partial charge in [-0.3, -0.25) is 0 Å². The van der Waals surface area contributed by atoms with Crippen LogP contribution in [0.25, 0.3) is 11.3 Å². The van der Waals surface area contributed by atoms with E-state index in [1.54, 1.807) is 12.5 Å². The van der Waals surface area contributed by atoms with Crippen molar-refractivity contribution in [3.63, 3.8) is 0 Å². The number of nitrogens with zero attached hydrogens (tertiary/aromatic N) is 2. The van der Waals surface area contributed by atoms with Gasteiger partial charge in [-0.2, -0.15) is 0 Å². The Bertz CT molecular complexity index is 409. The molecular weight excluding hydrogens is 204 g/mol. The van der Waals surface area contributed by atoms with Gasteiger partial charge in [-0.15, -0.1) is 0 Å². The highest BCUT2D eigenvalue weighted by molar-refractivity contribution is 5.56. The fourth-order valence-corrected chi connectivity index (χ4v) is 1.29. The number of pyridine rings is 1. The van der Waals surface area contributed by atoms with Crippen molar-refractivity contribution in [1.82, 2.24) is 9.97 Å². The van der Waals surface area contributed by atoms with Crippen molar-refractivity contribution >= 4 is 0 Å². The zero-order chi connectivity index (χ0) is 11.2. The van der Waals surface area contributed by atoms with Gasteiger partial charge in [-0.25, -0.2) is 9.97 Å². The van der Waals surface area contributed by atoms with Gasteiger partial charge in [-0.05, 0) is 12.5 Å². The lowest BCUT2D eigenvalue weighted by Crippen LogP contribution is -1.98. The minimum absolute atomic E-state index is 0.653. The number of hydrogen-bond acceptors (Lipinski definition) is 4. The van der Waals surface area contributed by atoms with Crippen molar-refractivity contribution < 1.29 is 9.15 Å². The minimum atomic E-state index is 0.653. The SMILES string of the molecule is CCCCOc1ccc(-c2cocn2)cn1. The second-order valence-corrected chi connectivity index (χ2v) is 3.46. The van der Waals surface area contributed by atoms with E-state index in [9.17, 15) is 0 Å². The van der Waals surface area contributed by atoms with Crippen LogP contribution in [0.2, 0.25) is 0 Å². The van der Waals surface area contributed by atoms with Crippen molar-refractivity contribution in [3.05, 3.63) is 31.0 Å². The molecule has 2 aromatic rings. The van der Waals surface area contributed by atoms with Gasteiger partial charge in [0.05, 0.1) is 6.61 Å². The van der Waals surface area contributed by atoms with Gasteiger partial charge in [-0.1, -0.05) is 13.3 Å². The van der Waals surface area contributed by atoms with Crippen LogP contribution in [0.4, 0.5) is 0 Å². The second kappa shape index (κ2) is 5.30. The summed E-state index contributed by atoms with van der Waals surface area (Å²) in [5.74, 6) is 0.653. The van der Waals surface area contributed by atoms with E-state index < -0.39 is 0 Å². The molecule has 0 aliphatic heterocycles. The molecule has 2 aromatic heterocycles. The van der Waals surface area contributed by atoms with Crippen LogP contribution in [0, 0.1) is 0 Å². The average Bonchev–Trinajstić information content (AvgIpc) is 2.84. The number of rotatable bonds is 5. The Hall–Kier alpha value is -1.84. The van der Waals surface area contributed by atoms with Crippen LogP contribution in [0.3, 0.4) is 0 Å². The largest absolute Gasteiger partial charge is 0.478 e. The first-order chi connectivity index (χ1) is 7.90. The fraction of sp³-hybridized carbons (Fsp3) is 0.333. The summed E-state index contributed by atoms with van der Waals surface area (Å²) in [5, 5.41) is 0. The van der Waals surface area contributed by atoms with E-state index in [-0.39, 0.29) is 0 Å². The lowest BCUT2D eigenvalue weighted by molar-refractivity contribution is 0.298. The maximum atomic E-state index is 5.46. The molecule has 2 heterocycles. The van der Waals surface area contributed by atoms with E-state index in [1.807, 2.05) is 12.1 Å². The third-order valence-electron chi connectivity index (χ3n) is 2.21. The maximum Gasteiger partial charge on any atom is 0.213 e. The van der Waals surface area contributed by atoms with E-state index in [0.29, 0.717) is 12.5 Å². The molecule has 4 nitrogen and oxygen atoms in total. The Kier molecular flexibility index (Phi) is 3.53. The molecule has 0 unspecified atom stereocenters. The predicted octanol–water partition coefficient (Wildman–Crippen LogP) is 2.92. The third kappa shape index (κ3) is 2.59. The smallest absolute Gasteiger partial charge is 0.213 e. The number of hydrogen-bond donors (Lipinski definition) is 0. The first kappa shape index (κ1) is 10.7. The van der Waals surface area contributed by atoms with Crippen LogP contribution in [0.15, 0.2) is 35.4 Å². The molecule has 0 aliphatic carbocycles.